The Hall–Kier alpha value is -0.430. The van der Waals surface area contributed by atoms with E-state index in [2.05, 4.69) is 51.6 Å². The summed E-state index contributed by atoms with van der Waals surface area (Å²) in [6.07, 6.45) is 1.07. The molecule has 0 saturated heterocycles. The molecule has 0 aromatic heterocycles. The van der Waals surface area contributed by atoms with Gasteiger partial charge >= 0.3 is 0 Å². The fourth-order valence-corrected chi connectivity index (χ4v) is 1.62. The van der Waals surface area contributed by atoms with E-state index >= 15 is 0 Å². The molecule has 1 heteroatoms. The molecule has 0 amide bonds. The van der Waals surface area contributed by atoms with Crippen LogP contribution in [0.2, 0.25) is 0 Å². The molecule has 1 aromatic rings. The molecule has 0 aliphatic rings. The summed E-state index contributed by atoms with van der Waals surface area (Å²) in [6, 6.07) is 6.55. The minimum Gasteiger partial charge on any atom is -0.143 e. The van der Waals surface area contributed by atoms with E-state index in [9.17, 15) is 0 Å². The van der Waals surface area contributed by atoms with Crippen LogP contribution in [0.15, 0.2) is 23.1 Å². The second-order valence-corrected chi connectivity index (χ2v) is 3.88. The quantitative estimate of drug-likeness (QED) is 0.660. The molecule has 0 heterocycles. The normalized spacial score (nSPS) is 10.8. The maximum atomic E-state index is 4.44. The lowest BCUT2D eigenvalue weighted by Gasteiger charge is -2.08. The van der Waals surface area contributed by atoms with Crippen molar-refractivity contribution in [3.63, 3.8) is 0 Å². The largest absolute Gasteiger partial charge is 0.143 e. The summed E-state index contributed by atoms with van der Waals surface area (Å²) in [4.78, 5) is 1.13. The van der Waals surface area contributed by atoms with Crippen LogP contribution in [-0.4, -0.2) is 0 Å². The minimum absolute atomic E-state index is 0.599. The third-order valence-electron chi connectivity index (χ3n) is 2.16. The Morgan fingerprint density at radius 3 is 2.42 bits per heavy atom. The van der Waals surface area contributed by atoms with Crippen molar-refractivity contribution in [2.24, 2.45) is 0 Å². The summed E-state index contributed by atoms with van der Waals surface area (Å²) < 4.78 is 0. The second kappa shape index (κ2) is 3.99. The molecule has 0 unspecified atom stereocenters. The smallest absolute Gasteiger partial charge is 0.00747 e. The predicted molar refractivity (Wildman–Crippen MR) is 57.2 cm³/mol. The Morgan fingerprint density at radius 1 is 1.33 bits per heavy atom. The molecule has 0 saturated carbocycles. The summed E-state index contributed by atoms with van der Waals surface area (Å²) in [5.74, 6) is 0.599. The Morgan fingerprint density at radius 2 is 2.00 bits per heavy atom. The van der Waals surface area contributed by atoms with E-state index < -0.39 is 0 Å². The maximum Gasteiger partial charge on any atom is 0.00747 e. The first-order chi connectivity index (χ1) is 5.65. The molecule has 1 rings (SSSR count). The van der Waals surface area contributed by atoms with Gasteiger partial charge in [0.15, 0.2) is 0 Å². The van der Waals surface area contributed by atoms with Crippen LogP contribution in [0.1, 0.15) is 37.8 Å². The van der Waals surface area contributed by atoms with E-state index in [-0.39, 0.29) is 0 Å². The first-order valence-corrected chi connectivity index (χ1v) is 4.91. The third kappa shape index (κ3) is 2.04. The summed E-state index contributed by atoms with van der Waals surface area (Å²) in [5, 5.41) is 0. The fourth-order valence-electron chi connectivity index (χ4n) is 1.24. The number of aryl methyl sites for hydroxylation is 1. The zero-order chi connectivity index (χ0) is 9.14. The van der Waals surface area contributed by atoms with Crippen LogP contribution >= 0.6 is 12.6 Å². The molecular weight excluding hydrogens is 164 g/mol. The zero-order valence-corrected chi connectivity index (χ0v) is 8.86. The highest BCUT2D eigenvalue weighted by atomic mass is 32.1. The van der Waals surface area contributed by atoms with E-state index in [4.69, 9.17) is 0 Å². The molecule has 0 N–H and O–H groups in total. The molecule has 0 nitrogen and oxygen atoms in total. The standard InChI is InChI=1S/C11H16S/c1-4-9-5-6-10(8(2)3)7-11(9)12/h5-8,12H,4H2,1-3H3. The highest BCUT2D eigenvalue weighted by Gasteiger charge is 2.01. The average molecular weight is 180 g/mol. The van der Waals surface area contributed by atoms with E-state index in [1.165, 1.54) is 11.1 Å². The van der Waals surface area contributed by atoms with Crippen molar-refractivity contribution in [1.82, 2.24) is 0 Å². The van der Waals surface area contributed by atoms with Crippen molar-refractivity contribution >= 4 is 12.6 Å². The van der Waals surface area contributed by atoms with Crippen LogP contribution in [0, 0.1) is 0 Å². The van der Waals surface area contributed by atoms with Crippen LogP contribution < -0.4 is 0 Å². The average Bonchev–Trinajstić information content (AvgIpc) is 2.04. The Balaban J connectivity index is 3.02. The lowest BCUT2D eigenvalue weighted by Crippen LogP contribution is -1.90. The molecule has 0 atom stereocenters. The second-order valence-electron chi connectivity index (χ2n) is 3.40. The Labute approximate surface area is 80.4 Å². The molecule has 12 heavy (non-hydrogen) atoms. The van der Waals surface area contributed by atoms with E-state index in [0.29, 0.717) is 5.92 Å². The van der Waals surface area contributed by atoms with Gasteiger partial charge in [-0.25, -0.2) is 0 Å². The first-order valence-electron chi connectivity index (χ1n) is 4.47. The Kier molecular flexibility index (Phi) is 3.21. The molecule has 0 aliphatic heterocycles. The van der Waals surface area contributed by atoms with Gasteiger partial charge in [0, 0.05) is 4.90 Å². The highest BCUT2D eigenvalue weighted by Crippen LogP contribution is 2.21. The van der Waals surface area contributed by atoms with Gasteiger partial charge in [-0.15, -0.1) is 12.6 Å². The molecule has 0 spiro atoms. The monoisotopic (exact) mass is 180 g/mol. The number of hydrogen-bond donors (Lipinski definition) is 1. The summed E-state index contributed by atoms with van der Waals surface area (Å²) >= 11 is 4.44. The molecule has 0 aliphatic carbocycles. The minimum atomic E-state index is 0.599. The highest BCUT2D eigenvalue weighted by molar-refractivity contribution is 7.80. The van der Waals surface area contributed by atoms with Crippen LogP contribution in [0.3, 0.4) is 0 Å². The SMILES string of the molecule is CCc1ccc(C(C)C)cc1S. The molecular formula is C11H16S. The van der Waals surface area contributed by atoms with Crippen LogP contribution in [0.4, 0.5) is 0 Å². The molecule has 0 fully saturated rings. The van der Waals surface area contributed by atoms with Crippen molar-refractivity contribution in [1.29, 1.82) is 0 Å². The van der Waals surface area contributed by atoms with E-state index in [0.717, 1.165) is 11.3 Å². The molecule has 66 valence electrons. The molecule has 0 bridgehead atoms. The predicted octanol–water partition coefficient (Wildman–Crippen LogP) is 3.66. The number of benzene rings is 1. The van der Waals surface area contributed by atoms with Gasteiger partial charge in [-0.3, -0.25) is 0 Å². The van der Waals surface area contributed by atoms with Crippen LogP contribution in [-0.2, 0) is 6.42 Å². The van der Waals surface area contributed by atoms with Gasteiger partial charge in [0.1, 0.15) is 0 Å². The van der Waals surface area contributed by atoms with Crippen molar-refractivity contribution in [2.45, 2.75) is 38.0 Å². The first kappa shape index (κ1) is 9.66. The zero-order valence-electron chi connectivity index (χ0n) is 7.96. The Bertz CT molecular complexity index is 264. The number of rotatable bonds is 2. The van der Waals surface area contributed by atoms with Crippen LogP contribution in [0.25, 0.3) is 0 Å². The van der Waals surface area contributed by atoms with Crippen molar-refractivity contribution in [3.8, 4) is 0 Å². The van der Waals surface area contributed by atoms with Crippen molar-refractivity contribution < 1.29 is 0 Å². The van der Waals surface area contributed by atoms with Gasteiger partial charge in [-0.1, -0.05) is 32.9 Å². The van der Waals surface area contributed by atoms with Crippen molar-refractivity contribution in [2.75, 3.05) is 0 Å². The van der Waals surface area contributed by atoms with Gasteiger partial charge in [0.2, 0.25) is 0 Å². The maximum absolute atomic E-state index is 4.44. The molecule has 0 radical (unpaired) electrons. The van der Waals surface area contributed by atoms with Gasteiger partial charge in [-0.2, -0.15) is 0 Å². The van der Waals surface area contributed by atoms with Gasteiger partial charge in [0.25, 0.3) is 0 Å². The topological polar surface area (TPSA) is 0 Å². The van der Waals surface area contributed by atoms with Gasteiger partial charge in [-0.05, 0) is 29.5 Å². The van der Waals surface area contributed by atoms with Crippen LogP contribution in [0.5, 0.6) is 0 Å². The van der Waals surface area contributed by atoms with E-state index in [1.54, 1.807) is 0 Å². The fraction of sp³-hybridized carbons (Fsp3) is 0.455. The number of thiol groups is 1. The summed E-state index contributed by atoms with van der Waals surface area (Å²) in [6.45, 7) is 6.56. The van der Waals surface area contributed by atoms with Gasteiger partial charge < -0.3 is 0 Å². The van der Waals surface area contributed by atoms with Gasteiger partial charge in [0.05, 0.1) is 0 Å². The summed E-state index contributed by atoms with van der Waals surface area (Å²) in [7, 11) is 0. The lowest BCUT2D eigenvalue weighted by molar-refractivity contribution is 0.858. The molecule has 1 aromatic carbocycles. The van der Waals surface area contributed by atoms with Crippen molar-refractivity contribution in [3.05, 3.63) is 29.3 Å². The summed E-state index contributed by atoms with van der Waals surface area (Å²) in [5.41, 5.74) is 2.71. The number of hydrogen-bond acceptors (Lipinski definition) is 1. The lowest BCUT2D eigenvalue weighted by atomic mass is 10.0. The third-order valence-corrected chi connectivity index (χ3v) is 2.57. The van der Waals surface area contributed by atoms with E-state index in [1.807, 2.05) is 0 Å².